The van der Waals surface area contributed by atoms with E-state index in [1.165, 1.54) is 0 Å². The average Bonchev–Trinajstić information content (AvgIpc) is 2.26. The van der Waals surface area contributed by atoms with Gasteiger partial charge in [-0.3, -0.25) is 0 Å². The molecule has 1 heterocycles. The van der Waals surface area contributed by atoms with Crippen LogP contribution in [0.1, 0.15) is 11.7 Å². The Morgan fingerprint density at radius 3 is 2.65 bits per heavy atom. The van der Waals surface area contributed by atoms with E-state index in [2.05, 4.69) is 0 Å². The Morgan fingerprint density at radius 2 is 2.06 bits per heavy atom. The molecular weight excluding hydrogens is 242 g/mol. The lowest BCUT2D eigenvalue weighted by molar-refractivity contribution is 0.171. The van der Waals surface area contributed by atoms with Gasteiger partial charge in [0.05, 0.1) is 17.6 Å². The van der Waals surface area contributed by atoms with E-state index in [9.17, 15) is 13.5 Å². The van der Waals surface area contributed by atoms with Gasteiger partial charge in [-0.25, -0.2) is 8.42 Å². The third kappa shape index (κ3) is 2.77. The zero-order valence-electron chi connectivity index (χ0n) is 9.24. The molecular formula is C11H15NO4S. The molecule has 0 bridgehead atoms. The molecule has 0 radical (unpaired) electrons. The summed E-state index contributed by atoms with van der Waals surface area (Å²) in [6.07, 6.45) is -1.10. The summed E-state index contributed by atoms with van der Waals surface area (Å²) in [5.74, 6) is 0.588. The standard InChI is InChI=1S/C11H15NO4S/c12-5-10(13)9-3-1-2-4-11(9)16-8-6-17(14,15)7-8/h1-4,8,10,13H,5-7,12H2. The zero-order valence-corrected chi connectivity index (χ0v) is 10.1. The van der Waals surface area contributed by atoms with Crippen molar-refractivity contribution < 1.29 is 18.3 Å². The fourth-order valence-electron chi connectivity index (χ4n) is 1.76. The predicted molar refractivity (Wildman–Crippen MR) is 63.5 cm³/mol. The maximum Gasteiger partial charge on any atom is 0.157 e. The second kappa shape index (κ2) is 4.64. The summed E-state index contributed by atoms with van der Waals surface area (Å²) in [5.41, 5.74) is 5.99. The first-order valence-electron chi connectivity index (χ1n) is 5.36. The molecule has 1 aromatic carbocycles. The van der Waals surface area contributed by atoms with Gasteiger partial charge < -0.3 is 15.6 Å². The number of hydrogen-bond donors (Lipinski definition) is 2. The van der Waals surface area contributed by atoms with Crippen molar-refractivity contribution in [1.29, 1.82) is 0 Å². The molecule has 3 N–H and O–H groups in total. The lowest BCUT2D eigenvalue weighted by Gasteiger charge is -2.28. The summed E-state index contributed by atoms with van der Waals surface area (Å²) in [6, 6.07) is 6.98. The van der Waals surface area contributed by atoms with Crippen LogP contribution in [0.2, 0.25) is 0 Å². The van der Waals surface area contributed by atoms with Crippen molar-refractivity contribution in [1.82, 2.24) is 0 Å². The van der Waals surface area contributed by atoms with Crippen LogP contribution in [0.15, 0.2) is 24.3 Å². The van der Waals surface area contributed by atoms with Gasteiger partial charge in [-0.15, -0.1) is 0 Å². The molecule has 0 saturated carbocycles. The molecule has 1 aromatic rings. The number of aliphatic hydroxyl groups excluding tert-OH is 1. The summed E-state index contributed by atoms with van der Waals surface area (Å²) in [5, 5.41) is 9.69. The quantitative estimate of drug-likeness (QED) is 0.783. The van der Waals surface area contributed by atoms with E-state index >= 15 is 0 Å². The molecule has 6 heteroatoms. The van der Waals surface area contributed by atoms with Crippen LogP contribution in [0, 0.1) is 0 Å². The molecule has 2 rings (SSSR count). The van der Waals surface area contributed by atoms with Crippen molar-refractivity contribution in [3.05, 3.63) is 29.8 Å². The second-order valence-corrected chi connectivity index (χ2v) is 6.26. The van der Waals surface area contributed by atoms with Crippen molar-refractivity contribution in [3.63, 3.8) is 0 Å². The van der Waals surface area contributed by atoms with E-state index < -0.39 is 15.9 Å². The van der Waals surface area contributed by atoms with Gasteiger partial charge >= 0.3 is 0 Å². The van der Waals surface area contributed by atoms with Gasteiger partial charge in [0, 0.05) is 12.1 Å². The van der Waals surface area contributed by atoms with Crippen molar-refractivity contribution in [2.24, 2.45) is 5.73 Å². The fraction of sp³-hybridized carbons (Fsp3) is 0.455. The number of sulfone groups is 1. The van der Waals surface area contributed by atoms with Crippen LogP contribution in [0.4, 0.5) is 0 Å². The van der Waals surface area contributed by atoms with Gasteiger partial charge in [-0.1, -0.05) is 18.2 Å². The molecule has 1 aliphatic rings. The van der Waals surface area contributed by atoms with Crippen LogP contribution in [0.25, 0.3) is 0 Å². The Balaban J connectivity index is 2.11. The van der Waals surface area contributed by atoms with Crippen LogP contribution in [0.3, 0.4) is 0 Å². The molecule has 1 aliphatic heterocycles. The molecule has 1 atom stereocenters. The number of nitrogens with two attached hydrogens (primary N) is 1. The van der Waals surface area contributed by atoms with E-state index in [4.69, 9.17) is 10.5 Å². The largest absolute Gasteiger partial charge is 0.488 e. The number of ether oxygens (including phenoxy) is 1. The maximum atomic E-state index is 11.0. The lowest BCUT2D eigenvalue weighted by Crippen LogP contribution is -2.45. The summed E-state index contributed by atoms with van der Waals surface area (Å²) >= 11 is 0. The van der Waals surface area contributed by atoms with Crippen molar-refractivity contribution >= 4 is 9.84 Å². The summed E-state index contributed by atoms with van der Waals surface area (Å²) in [6.45, 7) is 0.101. The molecule has 1 saturated heterocycles. The minimum atomic E-state index is -2.90. The highest BCUT2D eigenvalue weighted by Gasteiger charge is 2.35. The summed E-state index contributed by atoms with van der Waals surface area (Å²) in [7, 11) is -2.90. The third-order valence-corrected chi connectivity index (χ3v) is 4.43. The van der Waals surface area contributed by atoms with Crippen LogP contribution in [0.5, 0.6) is 5.75 Å². The molecule has 0 spiro atoms. The molecule has 0 aliphatic carbocycles. The first-order chi connectivity index (χ1) is 8.02. The third-order valence-electron chi connectivity index (χ3n) is 2.67. The second-order valence-electron chi connectivity index (χ2n) is 4.11. The maximum absolute atomic E-state index is 11.0. The predicted octanol–water partition coefficient (Wildman–Crippen LogP) is -0.146. The lowest BCUT2D eigenvalue weighted by atomic mass is 10.1. The summed E-state index contributed by atoms with van der Waals surface area (Å²) in [4.78, 5) is 0. The molecule has 0 amide bonds. The fourth-order valence-corrected chi connectivity index (χ4v) is 2.93. The first-order valence-corrected chi connectivity index (χ1v) is 7.18. The van der Waals surface area contributed by atoms with Gasteiger partial charge in [0.2, 0.25) is 0 Å². The smallest absolute Gasteiger partial charge is 0.157 e. The highest BCUT2D eigenvalue weighted by Crippen LogP contribution is 2.27. The van der Waals surface area contributed by atoms with Gasteiger partial charge in [0.15, 0.2) is 9.84 Å². The topological polar surface area (TPSA) is 89.6 Å². The molecule has 17 heavy (non-hydrogen) atoms. The van der Waals surface area contributed by atoms with Crippen molar-refractivity contribution in [2.45, 2.75) is 12.2 Å². The molecule has 0 aromatic heterocycles. The normalized spacial score (nSPS) is 20.6. The van der Waals surface area contributed by atoms with Crippen LogP contribution in [-0.2, 0) is 9.84 Å². The van der Waals surface area contributed by atoms with E-state index in [-0.39, 0.29) is 24.2 Å². The highest BCUT2D eigenvalue weighted by molar-refractivity contribution is 7.92. The number of benzene rings is 1. The monoisotopic (exact) mass is 257 g/mol. The Kier molecular flexibility index (Phi) is 3.37. The van der Waals surface area contributed by atoms with E-state index in [0.29, 0.717) is 11.3 Å². The Morgan fingerprint density at radius 1 is 1.41 bits per heavy atom. The summed E-state index contributed by atoms with van der Waals surface area (Å²) < 4.78 is 27.6. The van der Waals surface area contributed by atoms with Gasteiger partial charge in [-0.2, -0.15) is 0 Å². The SMILES string of the molecule is NCC(O)c1ccccc1OC1CS(=O)(=O)C1. The van der Waals surface area contributed by atoms with Gasteiger partial charge in [0.1, 0.15) is 11.9 Å². The van der Waals surface area contributed by atoms with Crippen LogP contribution >= 0.6 is 0 Å². The van der Waals surface area contributed by atoms with Gasteiger partial charge in [0.25, 0.3) is 0 Å². The van der Waals surface area contributed by atoms with E-state index in [1.54, 1.807) is 24.3 Å². The highest BCUT2D eigenvalue weighted by atomic mass is 32.2. The average molecular weight is 257 g/mol. The number of aliphatic hydroxyl groups is 1. The van der Waals surface area contributed by atoms with E-state index in [0.717, 1.165) is 0 Å². The van der Waals surface area contributed by atoms with E-state index in [1.807, 2.05) is 0 Å². The molecule has 5 nitrogen and oxygen atoms in total. The molecule has 1 unspecified atom stereocenters. The minimum Gasteiger partial charge on any atom is -0.488 e. The first kappa shape index (κ1) is 12.3. The molecule has 1 fully saturated rings. The molecule has 94 valence electrons. The van der Waals surface area contributed by atoms with Crippen molar-refractivity contribution in [3.8, 4) is 5.75 Å². The number of hydrogen-bond acceptors (Lipinski definition) is 5. The Bertz CT molecular complexity index is 488. The van der Waals surface area contributed by atoms with Gasteiger partial charge in [-0.05, 0) is 6.07 Å². The Hall–Kier alpha value is -1.11. The Labute approximate surface area is 100 Å². The minimum absolute atomic E-state index is 0.0417. The van der Waals surface area contributed by atoms with Crippen LogP contribution < -0.4 is 10.5 Å². The zero-order chi connectivity index (χ0) is 12.5. The number of para-hydroxylation sites is 1. The van der Waals surface area contributed by atoms with Crippen LogP contribution in [-0.4, -0.2) is 37.7 Å². The van der Waals surface area contributed by atoms with Crippen molar-refractivity contribution in [2.75, 3.05) is 18.1 Å². The number of rotatable bonds is 4.